The lowest BCUT2D eigenvalue weighted by atomic mass is 10.1. The van der Waals surface area contributed by atoms with Crippen molar-refractivity contribution in [3.8, 4) is 5.75 Å². The maximum Gasteiger partial charge on any atom is 0.253 e. The molecule has 1 N–H and O–H groups in total. The van der Waals surface area contributed by atoms with Gasteiger partial charge in [0.1, 0.15) is 11.6 Å². The van der Waals surface area contributed by atoms with E-state index in [1.165, 1.54) is 19.1 Å². The van der Waals surface area contributed by atoms with E-state index in [4.69, 9.17) is 4.74 Å². The van der Waals surface area contributed by atoms with Gasteiger partial charge in [-0.05, 0) is 42.0 Å². The van der Waals surface area contributed by atoms with Gasteiger partial charge in [-0.2, -0.15) is 0 Å². The lowest BCUT2D eigenvalue weighted by Gasteiger charge is -2.21. The molecule has 0 atom stereocenters. The second-order valence-corrected chi connectivity index (χ2v) is 6.08. The highest BCUT2D eigenvalue weighted by Crippen LogP contribution is 2.19. The van der Waals surface area contributed by atoms with Gasteiger partial charge < -0.3 is 14.6 Å². The molecule has 1 heterocycles. The first-order valence-corrected chi connectivity index (χ1v) is 8.16. The molecule has 1 aromatic heterocycles. The van der Waals surface area contributed by atoms with Crippen LogP contribution in [-0.2, 0) is 17.9 Å². The predicted octanol–water partition coefficient (Wildman–Crippen LogP) is 3.22. The van der Waals surface area contributed by atoms with Crippen LogP contribution in [0.4, 0.5) is 4.39 Å². The van der Waals surface area contributed by atoms with Crippen LogP contribution >= 0.6 is 0 Å². The van der Waals surface area contributed by atoms with Gasteiger partial charge in [0, 0.05) is 29.9 Å². The van der Waals surface area contributed by atoms with E-state index in [0.717, 1.165) is 10.9 Å². The zero-order valence-electron chi connectivity index (χ0n) is 14.6. The molecule has 6 heteroatoms. The first kappa shape index (κ1) is 17.7. The molecule has 0 radical (unpaired) electrons. The van der Waals surface area contributed by atoms with Crippen molar-refractivity contribution < 1.29 is 13.9 Å². The lowest BCUT2D eigenvalue weighted by Crippen LogP contribution is -2.30. The Hall–Kier alpha value is -3.15. The van der Waals surface area contributed by atoms with Crippen molar-refractivity contribution in [1.29, 1.82) is 0 Å². The van der Waals surface area contributed by atoms with Gasteiger partial charge in [-0.15, -0.1) is 0 Å². The van der Waals surface area contributed by atoms with E-state index >= 15 is 0 Å². The maximum atomic E-state index is 13.1. The Kier molecular flexibility index (Phi) is 5.02. The lowest BCUT2D eigenvalue weighted by molar-refractivity contribution is -0.130. The van der Waals surface area contributed by atoms with E-state index < -0.39 is 0 Å². The zero-order chi connectivity index (χ0) is 18.7. The number of benzene rings is 2. The number of aromatic nitrogens is 1. The third kappa shape index (κ3) is 3.91. The van der Waals surface area contributed by atoms with Crippen molar-refractivity contribution in [3.05, 3.63) is 75.8 Å². The molecule has 0 spiro atoms. The van der Waals surface area contributed by atoms with Gasteiger partial charge in [-0.3, -0.25) is 9.59 Å². The van der Waals surface area contributed by atoms with Gasteiger partial charge >= 0.3 is 0 Å². The average molecular weight is 354 g/mol. The highest BCUT2D eigenvalue weighted by molar-refractivity contribution is 5.80. The van der Waals surface area contributed by atoms with Gasteiger partial charge in [0.2, 0.25) is 5.91 Å². The summed E-state index contributed by atoms with van der Waals surface area (Å²) >= 11 is 0. The molecule has 2 aromatic carbocycles. The van der Waals surface area contributed by atoms with E-state index in [1.54, 1.807) is 42.3 Å². The first-order chi connectivity index (χ1) is 12.5. The number of amides is 1. The zero-order valence-corrected chi connectivity index (χ0v) is 14.6. The van der Waals surface area contributed by atoms with Gasteiger partial charge in [-0.1, -0.05) is 12.1 Å². The van der Waals surface area contributed by atoms with Crippen LogP contribution in [0.5, 0.6) is 5.75 Å². The molecule has 134 valence electrons. The SMILES string of the molecule is COc1ccc2[nH]c(=O)c(CN(Cc3ccc(F)cc3)C(C)=O)cc2c1. The number of ether oxygens (including phenoxy) is 1. The van der Waals surface area contributed by atoms with E-state index in [0.29, 0.717) is 23.4 Å². The van der Waals surface area contributed by atoms with Crippen LogP contribution in [0.15, 0.2) is 53.3 Å². The number of aromatic amines is 1. The number of rotatable bonds is 5. The molecule has 26 heavy (non-hydrogen) atoms. The topological polar surface area (TPSA) is 62.4 Å². The van der Waals surface area contributed by atoms with Gasteiger partial charge in [0.25, 0.3) is 5.56 Å². The van der Waals surface area contributed by atoms with Gasteiger partial charge in [-0.25, -0.2) is 4.39 Å². The summed E-state index contributed by atoms with van der Waals surface area (Å²) in [6, 6.07) is 13.1. The quantitative estimate of drug-likeness (QED) is 0.765. The van der Waals surface area contributed by atoms with E-state index in [2.05, 4.69) is 4.98 Å². The summed E-state index contributed by atoms with van der Waals surface area (Å²) < 4.78 is 18.3. The normalized spacial score (nSPS) is 10.7. The summed E-state index contributed by atoms with van der Waals surface area (Å²) in [7, 11) is 1.58. The van der Waals surface area contributed by atoms with Crippen molar-refractivity contribution >= 4 is 16.8 Å². The number of methoxy groups -OCH3 is 1. The molecule has 0 aliphatic carbocycles. The van der Waals surface area contributed by atoms with Crippen molar-refractivity contribution in [3.63, 3.8) is 0 Å². The van der Waals surface area contributed by atoms with Crippen LogP contribution in [0.3, 0.4) is 0 Å². The summed E-state index contributed by atoms with van der Waals surface area (Å²) in [6.07, 6.45) is 0. The molecule has 3 rings (SSSR count). The highest BCUT2D eigenvalue weighted by Gasteiger charge is 2.13. The Morgan fingerprint density at radius 2 is 1.85 bits per heavy atom. The fraction of sp³-hybridized carbons (Fsp3) is 0.200. The maximum absolute atomic E-state index is 13.1. The Morgan fingerprint density at radius 1 is 1.12 bits per heavy atom. The van der Waals surface area contributed by atoms with Crippen molar-refractivity contribution in [2.75, 3.05) is 7.11 Å². The van der Waals surface area contributed by atoms with Crippen LogP contribution in [0.1, 0.15) is 18.1 Å². The van der Waals surface area contributed by atoms with E-state index in [-0.39, 0.29) is 23.8 Å². The first-order valence-electron chi connectivity index (χ1n) is 8.16. The van der Waals surface area contributed by atoms with E-state index in [9.17, 15) is 14.0 Å². The third-order valence-electron chi connectivity index (χ3n) is 4.22. The smallest absolute Gasteiger partial charge is 0.253 e. The molecule has 0 aliphatic heterocycles. The molecule has 0 bridgehead atoms. The van der Waals surface area contributed by atoms with Crippen molar-refractivity contribution in [1.82, 2.24) is 9.88 Å². The molecule has 0 fully saturated rings. The van der Waals surface area contributed by atoms with Crippen LogP contribution in [0.25, 0.3) is 10.9 Å². The van der Waals surface area contributed by atoms with Crippen molar-refractivity contribution in [2.24, 2.45) is 0 Å². The summed E-state index contributed by atoms with van der Waals surface area (Å²) in [5.74, 6) is 0.188. The number of H-pyrrole nitrogens is 1. The second-order valence-electron chi connectivity index (χ2n) is 6.08. The Morgan fingerprint density at radius 3 is 2.50 bits per heavy atom. The molecular formula is C20H19FN2O3. The molecule has 0 aliphatic rings. The molecule has 0 saturated heterocycles. The Labute approximate surface area is 150 Å². The number of halogens is 1. The molecule has 0 saturated carbocycles. The van der Waals surface area contributed by atoms with Crippen LogP contribution < -0.4 is 10.3 Å². The average Bonchev–Trinajstić information content (AvgIpc) is 2.63. The summed E-state index contributed by atoms with van der Waals surface area (Å²) in [5, 5.41) is 0.823. The fourth-order valence-electron chi connectivity index (χ4n) is 2.77. The number of carbonyl (C=O) groups excluding carboxylic acids is 1. The number of fused-ring (bicyclic) bond motifs is 1. The standard InChI is InChI=1S/C20H19FN2O3/c1-13(24)23(11-14-3-5-17(21)6-4-14)12-16-9-15-10-18(26-2)7-8-19(15)22-20(16)25/h3-10H,11-12H2,1-2H3,(H,22,25). The highest BCUT2D eigenvalue weighted by atomic mass is 19.1. The predicted molar refractivity (Wildman–Crippen MR) is 97.4 cm³/mol. The molecule has 5 nitrogen and oxygen atoms in total. The van der Waals surface area contributed by atoms with Crippen LogP contribution in [0.2, 0.25) is 0 Å². The summed E-state index contributed by atoms with van der Waals surface area (Å²) in [4.78, 5) is 28.8. The minimum absolute atomic E-state index is 0.162. The second kappa shape index (κ2) is 7.39. The monoisotopic (exact) mass is 354 g/mol. The molecule has 1 amide bonds. The number of hydrogen-bond acceptors (Lipinski definition) is 3. The molecule has 0 unspecified atom stereocenters. The largest absolute Gasteiger partial charge is 0.497 e. The number of carbonyl (C=O) groups is 1. The Bertz CT molecular complexity index is 996. The third-order valence-corrected chi connectivity index (χ3v) is 4.22. The van der Waals surface area contributed by atoms with Gasteiger partial charge in [0.15, 0.2) is 0 Å². The number of nitrogens with one attached hydrogen (secondary N) is 1. The van der Waals surface area contributed by atoms with Crippen LogP contribution in [0, 0.1) is 5.82 Å². The summed E-state index contributed by atoms with van der Waals surface area (Å²) in [5.41, 5.74) is 1.73. The molecular weight excluding hydrogens is 335 g/mol. The number of hydrogen-bond donors (Lipinski definition) is 1. The van der Waals surface area contributed by atoms with Crippen LogP contribution in [-0.4, -0.2) is 22.9 Å². The van der Waals surface area contributed by atoms with Crippen molar-refractivity contribution in [2.45, 2.75) is 20.0 Å². The Balaban J connectivity index is 1.90. The van der Waals surface area contributed by atoms with E-state index in [1.807, 2.05) is 6.07 Å². The number of nitrogens with zero attached hydrogens (tertiary/aromatic N) is 1. The molecule has 3 aromatic rings. The fourth-order valence-corrected chi connectivity index (χ4v) is 2.77. The number of pyridine rings is 1. The van der Waals surface area contributed by atoms with Gasteiger partial charge in [0.05, 0.1) is 13.7 Å². The minimum atomic E-state index is -0.331. The minimum Gasteiger partial charge on any atom is -0.497 e. The summed E-state index contributed by atoms with van der Waals surface area (Å²) in [6.45, 7) is 1.90.